The predicted molar refractivity (Wildman–Crippen MR) is 108 cm³/mol. The molecule has 28 heavy (non-hydrogen) atoms. The largest absolute Gasteiger partial charge is 0.301 e. The van der Waals surface area contributed by atoms with E-state index in [0.717, 1.165) is 24.2 Å². The molecule has 0 bridgehead atoms. The minimum atomic E-state index is -0.910. The molecule has 1 unspecified atom stereocenters. The molecule has 1 aliphatic rings. The fourth-order valence-corrected chi connectivity index (χ4v) is 4.54. The van der Waals surface area contributed by atoms with Gasteiger partial charge in [-0.15, -0.1) is 0 Å². The van der Waals surface area contributed by atoms with Crippen molar-refractivity contribution in [3.05, 3.63) is 71.3 Å². The minimum absolute atomic E-state index is 0.0783. The maximum atomic E-state index is 13.6. The van der Waals surface area contributed by atoms with Crippen LogP contribution in [-0.4, -0.2) is 29.8 Å². The minimum Gasteiger partial charge on any atom is -0.301 e. The van der Waals surface area contributed by atoms with Gasteiger partial charge in [0.2, 0.25) is 0 Å². The highest BCUT2D eigenvalue weighted by Gasteiger charge is 2.42. The van der Waals surface area contributed by atoms with Gasteiger partial charge in [-0.3, -0.25) is 4.79 Å². The fourth-order valence-electron chi connectivity index (χ4n) is 4.54. The van der Waals surface area contributed by atoms with Crippen LogP contribution in [0.25, 0.3) is 0 Å². The first-order chi connectivity index (χ1) is 13.5. The number of nitrogens with zero attached hydrogens (tertiary/aromatic N) is 1. The van der Waals surface area contributed by atoms with Crippen molar-refractivity contribution in [2.24, 2.45) is 0 Å². The Morgan fingerprint density at radius 1 is 0.929 bits per heavy atom. The number of likely N-dealkylation sites (tertiary alicyclic amines) is 1. The SMILES string of the molecule is CCC(=O)C(CC(C)N1CCCCC1)(c1ccc(F)cc1)c1ccc(F)cc1. The number of carbonyl (C=O) groups excluding carboxylic acids is 1. The Morgan fingerprint density at radius 2 is 1.39 bits per heavy atom. The normalized spacial score (nSPS) is 16.7. The van der Waals surface area contributed by atoms with Crippen molar-refractivity contribution in [1.82, 2.24) is 4.90 Å². The average molecular weight is 385 g/mol. The molecular weight excluding hydrogens is 356 g/mol. The van der Waals surface area contributed by atoms with E-state index in [2.05, 4.69) is 11.8 Å². The number of rotatable bonds is 7. The summed E-state index contributed by atoms with van der Waals surface area (Å²) in [6, 6.07) is 12.6. The molecule has 0 aliphatic carbocycles. The van der Waals surface area contributed by atoms with Crippen LogP contribution in [0.3, 0.4) is 0 Å². The molecule has 2 aromatic rings. The Kier molecular flexibility index (Phi) is 6.61. The van der Waals surface area contributed by atoms with Gasteiger partial charge in [-0.25, -0.2) is 8.78 Å². The summed E-state index contributed by atoms with van der Waals surface area (Å²) in [5.41, 5.74) is 0.639. The molecule has 0 N–H and O–H groups in total. The second-order valence-corrected chi connectivity index (χ2v) is 7.85. The van der Waals surface area contributed by atoms with Crippen LogP contribution in [0.2, 0.25) is 0 Å². The van der Waals surface area contributed by atoms with Crippen LogP contribution in [0, 0.1) is 11.6 Å². The van der Waals surface area contributed by atoms with Crippen LogP contribution in [0.1, 0.15) is 57.1 Å². The second kappa shape index (κ2) is 8.95. The smallest absolute Gasteiger partial charge is 0.147 e. The van der Waals surface area contributed by atoms with Crippen molar-refractivity contribution < 1.29 is 13.6 Å². The zero-order valence-electron chi connectivity index (χ0n) is 16.8. The number of hydrogen-bond acceptors (Lipinski definition) is 2. The summed E-state index contributed by atoms with van der Waals surface area (Å²) < 4.78 is 27.2. The number of ketones is 1. The molecule has 1 saturated heterocycles. The Morgan fingerprint density at radius 3 is 1.82 bits per heavy atom. The van der Waals surface area contributed by atoms with E-state index < -0.39 is 5.41 Å². The molecule has 0 saturated carbocycles. The van der Waals surface area contributed by atoms with Gasteiger partial charge in [0.15, 0.2) is 0 Å². The van der Waals surface area contributed by atoms with Gasteiger partial charge in [0.1, 0.15) is 17.4 Å². The first-order valence-electron chi connectivity index (χ1n) is 10.3. The van der Waals surface area contributed by atoms with E-state index in [1.165, 1.54) is 43.5 Å². The molecule has 0 spiro atoms. The Labute approximate surface area is 166 Å². The molecule has 4 heteroatoms. The summed E-state index contributed by atoms with van der Waals surface area (Å²) >= 11 is 0. The number of Topliss-reactive ketones (excluding diaryl/α,β-unsaturated/α-hetero) is 1. The van der Waals surface area contributed by atoms with Crippen LogP contribution in [0.4, 0.5) is 8.78 Å². The molecule has 3 rings (SSSR count). The second-order valence-electron chi connectivity index (χ2n) is 7.85. The molecule has 2 aromatic carbocycles. The quantitative estimate of drug-likeness (QED) is 0.628. The van der Waals surface area contributed by atoms with E-state index in [9.17, 15) is 13.6 Å². The lowest BCUT2D eigenvalue weighted by molar-refractivity contribution is -0.123. The van der Waals surface area contributed by atoms with Crippen molar-refractivity contribution in [1.29, 1.82) is 0 Å². The van der Waals surface area contributed by atoms with E-state index in [1.807, 2.05) is 6.92 Å². The first kappa shape index (κ1) is 20.7. The lowest BCUT2D eigenvalue weighted by Gasteiger charge is -2.40. The third-order valence-corrected chi connectivity index (χ3v) is 6.09. The maximum absolute atomic E-state index is 13.6. The number of carbonyl (C=O) groups is 1. The summed E-state index contributed by atoms with van der Waals surface area (Å²) in [4.78, 5) is 15.9. The highest BCUT2D eigenvalue weighted by Crippen LogP contribution is 2.40. The van der Waals surface area contributed by atoms with E-state index in [1.54, 1.807) is 24.3 Å². The summed E-state index contributed by atoms with van der Waals surface area (Å²) in [5, 5.41) is 0. The number of benzene rings is 2. The van der Waals surface area contributed by atoms with Gasteiger partial charge in [0.25, 0.3) is 0 Å². The highest BCUT2D eigenvalue weighted by atomic mass is 19.1. The summed E-state index contributed by atoms with van der Waals surface area (Å²) in [5.74, 6) is -0.579. The predicted octanol–water partition coefficient (Wildman–Crippen LogP) is 5.49. The first-order valence-corrected chi connectivity index (χ1v) is 10.3. The third-order valence-electron chi connectivity index (χ3n) is 6.09. The average Bonchev–Trinajstić information content (AvgIpc) is 2.73. The molecule has 1 fully saturated rings. The van der Waals surface area contributed by atoms with Gasteiger partial charge in [-0.1, -0.05) is 37.6 Å². The molecule has 0 radical (unpaired) electrons. The van der Waals surface area contributed by atoms with Crippen LogP contribution in [-0.2, 0) is 10.2 Å². The number of halogens is 2. The maximum Gasteiger partial charge on any atom is 0.147 e. The Bertz CT molecular complexity index is 734. The van der Waals surface area contributed by atoms with Gasteiger partial charge >= 0.3 is 0 Å². The van der Waals surface area contributed by atoms with Crippen LogP contribution in [0.15, 0.2) is 48.5 Å². The standard InChI is InChI=1S/C24H29F2NO/c1-3-23(28)24(19-7-11-21(25)12-8-19,20-9-13-22(26)14-10-20)17-18(2)27-15-5-4-6-16-27/h7-14,18H,3-6,15-17H2,1-2H3. The molecule has 0 amide bonds. The van der Waals surface area contributed by atoms with Crippen LogP contribution >= 0.6 is 0 Å². The topological polar surface area (TPSA) is 20.3 Å². The zero-order valence-corrected chi connectivity index (χ0v) is 16.8. The molecule has 1 aliphatic heterocycles. The van der Waals surface area contributed by atoms with Crippen LogP contribution < -0.4 is 0 Å². The molecule has 0 aromatic heterocycles. The lowest BCUT2D eigenvalue weighted by Crippen LogP contribution is -2.46. The van der Waals surface area contributed by atoms with Crippen molar-refractivity contribution in [3.63, 3.8) is 0 Å². The van der Waals surface area contributed by atoms with Gasteiger partial charge in [-0.05, 0) is 74.7 Å². The number of hydrogen-bond donors (Lipinski definition) is 0. The molecule has 150 valence electrons. The molecule has 1 atom stereocenters. The Hall–Kier alpha value is -2.07. The Balaban J connectivity index is 2.10. The van der Waals surface area contributed by atoms with Gasteiger partial charge in [0, 0.05) is 12.5 Å². The molecular formula is C24H29F2NO. The van der Waals surface area contributed by atoms with E-state index in [0.29, 0.717) is 12.8 Å². The molecule has 1 heterocycles. The van der Waals surface area contributed by atoms with E-state index >= 15 is 0 Å². The van der Waals surface area contributed by atoms with Gasteiger partial charge in [0.05, 0.1) is 5.41 Å². The monoisotopic (exact) mass is 385 g/mol. The van der Waals surface area contributed by atoms with E-state index in [4.69, 9.17) is 0 Å². The highest BCUT2D eigenvalue weighted by molar-refractivity contribution is 5.93. The number of piperidine rings is 1. The van der Waals surface area contributed by atoms with Crippen molar-refractivity contribution in [3.8, 4) is 0 Å². The van der Waals surface area contributed by atoms with Crippen molar-refractivity contribution in [2.75, 3.05) is 13.1 Å². The van der Waals surface area contributed by atoms with Gasteiger partial charge < -0.3 is 4.90 Å². The fraction of sp³-hybridized carbons (Fsp3) is 0.458. The van der Waals surface area contributed by atoms with Crippen LogP contribution in [0.5, 0.6) is 0 Å². The zero-order chi connectivity index (χ0) is 20.1. The summed E-state index contributed by atoms with van der Waals surface area (Å²) in [7, 11) is 0. The summed E-state index contributed by atoms with van der Waals surface area (Å²) in [6.07, 6.45) is 4.55. The van der Waals surface area contributed by atoms with Crippen molar-refractivity contribution in [2.45, 2.75) is 57.4 Å². The third kappa shape index (κ3) is 4.17. The lowest BCUT2D eigenvalue weighted by atomic mass is 9.66. The van der Waals surface area contributed by atoms with Crippen molar-refractivity contribution >= 4 is 5.78 Å². The van der Waals surface area contributed by atoms with Gasteiger partial charge in [-0.2, -0.15) is 0 Å². The molecule has 2 nitrogen and oxygen atoms in total. The van der Waals surface area contributed by atoms with E-state index in [-0.39, 0.29) is 23.5 Å². The summed E-state index contributed by atoms with van der Waals surface area (Å²) in [6.45, 7) is 6.08.